The van der Waals surface area contributed by atoms with Crippen molar-refractivity contribution in [2.45, 2.75) is 19.5 Å². The lowest BCUT2D eigenvalue weighted by Crippen LogP contribution is -2.18. The maximum Gasteiger partial charge on any atom is 0.0991 e. The van der Waals surface area contributed by atoms with Crippen LogP contribution in [-0.4, -0.2) is 23.6 Å². The standard InChI is InChI=1S/C20H24N4/c1-16(22-14-17-4-8-19(9-5-17)23(2)3)18-6-10-20(11-7-18)24-13-12-21-15-24/h4-13,15-16,22H,14H2,1-3H3/t16-/m0/s1. The van der Waals surface area contributed by atoms with E-state index in [1.165, 1.54) is 16.8 Å². The minimum Gasteiger partial charge on any atom is -0.378 e. The van der Waals surface area contributed by atoms with Crippen molar-refractivity contribution in [2.75, 3.05) is 19.0 Å². The Hall–Kier alpha value is -2.59. The van der Waals surface area contributed by atoms with Crippen LogP contribution < -0.4 is 10.2 Å². The third-order valence-corrected chi connectivity index (χ3v) is 4.26. The minimum absolute atomic E-state index is 0.301. The lowest BCUT2D eigenvalue weighted by molar-refractivity contribution is 0.574. The molecule has 0 saturated heterocycles. The van der Waals surface area contributed by atoms with E-state index in [9.17, 15) is 0 Å². The molecule has 1 heterocycles. The summed E-state index contributed by atoms with van der Waals surface area (Å²) in [7, 11) is 4.12. The van der Waals surface area contributed by atoms with Gasteiger partial charge in [-0.05, 0) is 42.3 Å². The Morgan fingerprint density at radius 1 is 1.04 bits per heavy atom. The van der Waals surface area contributed by atoms with Crippen molar-refractivity contribution in [3.63, 3.8) is 0 Å². The topological polar surface area (TPSA) is 33.1 Å². The Morgan fingerprint density at radius 3 is 2.33 bits per heavy atom. The molecule has 0 unspecified atom stereocenters. The summed E-state index contributed by atoms with van der Waals surface area (Å²) >= 11 is 0. The average molecular weight is 320 g/mol. The zero-order valence-electron chi connectivity index (χ0n) is 14.5. The third kappa shape index (κ3) is 3.84. The molecular formula is C20H24N4. The fraction of sp³-hybridized carbons (Fsp3) is 0.250. The van der Waals surface area contributed by atoms with Gasteiger partial charge in [0.2, 0.25) is 0 Å². The van der Waals surface area contributed by atoms with Crippen molar-refractivity contribution in [2.24, 2.45) is 0 Å². The van der Waals surface area contributed by atoms with Gasteiger partial charge in [0.05, 0.1) is 6.33 Å². The van der Waals surface area contributed by atoms with Crippen molar-refractivity contribution in [3.05, 3.63) is 78.4 Å². The first kappa shape index (κ1) is 16.3. The molecule has 1 aromatic heterocycles. The van der Waals surface area contributed by atoms with E-state index in [0.717, 1.165) is 12.2 Å². The van der Waals surface area contributed by atoms with Gasteiger partial charge in [-0.3, -0.25) is 0 Å². The number of nitrogens with one attached hydrogen (secondary N) is 1. The first-order valence-corrected chi connectivity index (χ1v) is 8.21. The van der Waals surface area contributed by atoms with Crippen molar-refractivity contribution in [3.8, 4) is 5.69 Å². The van der Waals surface area contributed by atoms with Crippen molar-refractivity contribution in [1.82, 2.24) is 14.9 Å². The summed E-state index contributed by atoms with van der Waals surface area (Å²) in [5.41, 5.74) is 4.93. The summed E-state index contributed by atoms with van der Waals surface area (Å²) in [4.78, 5) is 6.20. The predicted molar refractivity (Wildman–Crippen MR) is 99.6 cm³/mol. The van der Waals surface area contributed by atoms with Crippen LogP contribution in [0, 0.1) is 0 Å². The van der Waals surface area contributed by atoms with E-state index < -0.39 is 0 Å². The van der Waals surface area contributed by atoms with Crippen LogP contribution in [0.5, 0.6) is 0 Å². The van der Waals surface area contributed by atoms with E-state index in [-0.39, 0.29) is 0 Å². The molecule has 4 heteroatoms. The Bertz CT molecular complexity index is 743. The van der Waals surface area contributed by atoms with E-state index in [2.05, 4.69) is 84.8 Å². The summed E-state index contributed by atoms with van der Waals surface area (Å²) in [5.74, 6) is 0. The number of nitrogens with zero attached hydrogens (tertiary/aromatic N) is 3. The molecule has 0 fully saturated rings. The zero-order chi connectivity index (χ0) is 16.9. The molecule has 0 radical (unpaired) electrons. The van der Waals surface area contributed by atoms with Crippen LogP contribution in [0.2, 0.25) is 0 Å². The summed E-state index contributed by atoms with van der Waals surface area (Å²) in [5, 5.41) is 3.59. The molecule has 0 bridgehead atoms. The summed E-state index contributed by atoms with van der Waals surface area (Å²) in [6.07, 6.45) is 5.56. The van der Waals surface area contributed by atoms with Crippen LogP contribution in [0.15, 0.2) is 67.3 Å². The maximum absolute atomic E-state index is 4.08. The molecule has 24 heavy (non-hydrogen) atoms. The smallest absolute Gasteiger partial charge is 0.0991 e. The molecule has 0 aliphatic heterocycles. The number of hydrogen-bond acceptors (Lipinski definition) is 3. The largest absolute Gasteiger partial charge is 0.378 e. The van der Waals surface area contributed by atoms with Gasteiger partial charge in [0.25, 0.3) is 0 Å². The number of benzene rings is 2. The Kier molecular flexibility index (Phi) is 4.96. The molecule has 0 aliphatic carbocycles. The average Bonchev–Trinajstić information content (AvgIpc) is 3.15. The van der Waals surface area contributed by atoms with Crippen LogP contribution in [-0.2, 0) is 6.54 Å². The number of anilines is 1. The van der Waals surface area contributed by atoms with Crippen LogP contribution in [0.3, 0.4) is 0 Å². The van der Waals surface area contributed by atoms with Crippen molar-refractivity contribution < 1.29 is 0 Å². The number of hydrogen-bond donors (Lipinski definition) is 1. The lowest BCUT2D eigenvalue weighted by Gasteiger charge is -2.16. The Balaban J connectivity index is 1.59. The van der Waals surface area contributed by atoms with Gasteiger partial charge in [-0.25, -0.2) is 4.98 Å². The molecule has 124 valence electrons. The van der Waals surface area contributed by atoms with E-state index in [4.69, 9.17) is 0 Å². The van der Waals surface area contributed by atoms with Gasteiger partial charge in [-0.1, -0.05) is 24.3 Å². The Morgan fingerprint density at radius 2 is 1.75 bits per heavy atom. The van der Waals surface area contributed by atoms with Gasteiger partial charge >= 0.3 is 0 Å². The predicted octanol–water partition coefficient (Wildman–Crippen LogP) is 3.79. The Labute approximate surface area is 143 Å². The number of aromatic nitrogens is 2. The lowest BCUT2D eigenvalue weighted by atomic mass is 10.1. The second-order valence-electron chi connectivity index (χ2n) is 6.22. The van der Waals surface area contributed by atoms with E-state index in [1.807, 2.05) is 17.1 Å². The summed E-state index contributed by atoms with van der Waals surface area (Å²) < 4.78 is 2.01. The number of imidazole rings is 1. The molecule has 0 aliphatic rings. The molecule has 3 aromatic rings. The highest BCUT2D eigenvalue weighted by molar-refractivity contribution is 5.46. The third-order valence-electron chi connectivity index (χ3n) is 4.26. The quantitative estimate of drug-likeness (QED) is 0.750. The van der Waals surface area contributed by atoms with Gasteiger partial charge in [0.15, 0.2) is 0 Å². The molecule has 1 atom stereocenters. The first-order valence-electron chi connectivity index (χ1n) is 8.21. The highest BCUT2D eigenvalue weighted by atomic mass is 15.1. The molecule has 1 N–H and O–H groups in total. The zero-order valence-corrected chi connectivity index (χ0v) is 14.5. The fourth-order valence-electron chi connectivity index (χ4n) is 2.65. The molecule has 0 spiro atoms. The fourth-order valence-corrected chi connectivity index (χ4v) is 2.65. The molecule has 3 rings (SSSR count). The van der Waals surface area contributed by atoms with Crippen LogP contribution in [0.25, 0.3) is 5.69 Å². The van der Waals surface area contributed by atoms with Gasteiger partial charge in [0, 0.05) is 50.5 Å². The van der Waals surface area contributed by atoms with Crippen LogP contribution in [0.4, 0.5) is 5.69 Å². The van der Waals surface area contributed by atoms with E-state index >= 15 is 0 Å². The van der Waals surface area contributed by atoms with E-state index in [0.29, 0.717) is 6.04 Å². The van der Waals surface area contributed by atoms with Crippen molar-refractivity contribution >= 4 is 5.69 Å². The van der Waals surface area contributed by atoms with Gasteiger partial charge in [0.1, 0.15) is 0 Å². The van der Waals surface area contributed by atoms with Crippen molar-refractivity contribution in [1.29, 1.82) is 0 Å². The van der Waals surface area contributed by atoms with Gasteiger partial charge in [-0.15, -0.1) is 0 Å². The number of rotatable bonds is 6. The van der Waals surface area contributed by atoms with Crippen LogP contribution >= 0.6 is 0 Å². The molecule has 4 nitrogen and oxygen atoms in total. The molecule has 0 amide bonds. The van der Waals surface area contributed by atoms with Gasteiger partial charge in [-0.2, -0.15) is 0 Å². The SMILES string of the molecule is C[C@H](NCc1ccc(N(C)C)cc1)c1ccc(-n2ccnc2)cc1. The molecule has 0 saturated carbocycles. The maximum atomic E-state index is 4.08. The highest BCUT2D eigenvalue weighted by Gasteiger charge is 2.06. The second kappa shape index (κ2) is 7.32. The monoisotopic (exact) mass is 320 g/mol. The summed E-state index contributed by atoms with van der Waals surface area (Å²) in [6.45, 7) is 3.05. The molecular weight excluding hydrogens is 296 g/mol. The highest BCUT2D eigenvalue weighted by Crippen LogP contribution is 2.17. The second-order valence-corrected chi connectivity index (χ2v) is 6.22. The van der Waals surface area contributed by atoms with E-state index in [1.54, 1.807) is 6.20 Å². The van der Waals surface area contributed by atoms with Crippen LogP contribution in [0.1, 0.15) is 24.1 Å². The van der Waals surface area contributed by atoms with Gasteiger partial charge < -0.3 is 14.8 Å². The molecule has 2 aromatic carbocycles. The first-order chi connectivity index (χ1) is 11.6. The minimum atomic E-state index is 0.301. The summed E-state index contributed by atoms with van der Waals surface area (Å²) in [6, 6.07) is 17.6. The normalized spacial score (nSPS) is 12.1.